The van der Waals surface area contributed by atoms with E-state index in [2.05, 4.69) is 6.92 Å². The molecule has 0 spiro atoms. The lowest BCUT2D eigenvalue weighted by molar-refractivity contribution is 0.156. The number of aliphatic hydroxyl groups excluding tert-OH is 1. The molecule has 2 fully saturated rings. The van der Waals surface area contributed by atoms with E-state index in [0.29, 0.717) is 10.5 Å². The maximum Gasteiger partial charge on any atom is 0.0669 e. The molecule has 1 heterocycles. The number of hydrogen-bond donors (Lipinski definition) is 1. The molecule has 1 saturated carbocycles. The van der Waals surface area contributed by atoms with Gasteiger partial charge in [-0.1, -0.05) is 19.8 Å². The summed E-state index contributed by atoms with van der Waals surface area (Å²) in [5.41, 5.74) is 0. The molecule has 3 heteroatoms. The molecule has 0 radical (unpaired) electrons. The summed E-state index contributed by atoms with van der Waals surface area (Å²) in [5, 5.41) is 11.2. The van der Waals surface area contributed by atoms with Gasteiger partial charge in [-0.3, -0.25) is 0 Å². The number of rotatable bonds is 4. The molecule has 14 heavy (non-hydrogen) atoms. The van der Waals surface area contributed by atoms with Crippen molar-refractivity contribution in [3.05, 3.63) is 0 Å². The van der Waals surface area contributed by atoms with Crippen molar-refractivity contribution >= 4 is 23.5 Å². The Morgan fingerprint density at radius 3 is 2.64 bits per heavy atom. The average molecular weight is 232 g/mol. The van der Waals surface area contributed by atoms with Crippen molar-refractivity contribution in [2.24, 2.45) is 5.92 Å². The van der Waals surface area contributed by atoms with Crippen LogP contribution in [0.25, 0.3) is 0 Å². The zero-order valence-corrected chi connectivity index (χ0v) is 10.4. The highest BCUT2D eigenvalue weighted by Gasteiger charge is 2.30. The molecule has 1 saturated heterocycles. The van der Waals surface area contributed by atoms with E-state index < -0.39 is 0 Å². The van der Waals surface area contributed by atoms with Gasteiger partial charge in [0, 0.05) is 22.0 Å². The van der Waals surface area contributed by atoms with Crippen LogP contribution in [0.15, 0.2) is 0 Å². The first-order valence-corrected chi connectivity index (χ1v) is 7.78. The third-order valence-electron chi connectivity index (χ3n) is 3.18. The summed E-state index contributed by atoms with van der Waals surface area (Å²) >= 11 is 4.00. The minimum atomic E-state index is -0.0524. The molecule has 0 amide bonds. The van der Waals surface area contributed by atoms with Crippen LogP contribution >= 0.6 is 23.5 Å². The summed E-state index contributed by atoms with van der Waals surface area (Å²) in [6.07, 6.45) is 5.07. The van der Waals surface area contributed by atoms with Gasteiger partial charge in [-0.2, -0.15) is 23.5 Å². The summed E-state index contributed by atoms with van der Waals surface area (Å²) in [6, 6.07) is 0. The van der Waals surface area contributed by atoms with E-state index in [9.17, 15) is 5.11 Å². The Hall–Kier alpha value is 0.660. The van der Waals surface area contributed by atoms with Crippen molar-refractivity contribution in [2.45, 2.75) is 49.2 Å². The second-order valence-electron chi connectivity index (χ2n) is 4.50. The first kappa shape index (κ1) is 11.2. The highest BCUT2D eigenvalue weighted by atomic mass is 32.2. The fourth-order valence-corrected chi connectivity index (χ4v) is 4.94. The van der Waals surface area contributed by atoms with Crippen LogP contribution in [0.5, 0.6) is 0 Å². The molecule has 2 rings (SSSR count). The summed E-state index contributed by atoms with van der Waals surface area (Å²) < 4.78 is 0. The van der Waals surface area contributed by atoms with Crippen molar-refractivity contribution in [2.75, 3.05) is 11.5 Å². The van der Waals surface area contributed by atoms with Gasteiger partial charge >= 0.3 is 0 Å². The molecule has 1 aliphatic carbocycles. The number of thioether (sulfide) groups is 2. The summed E-state index contributed by atoms with van der Waals surface area (Å²) in [5.74, 6) is 3.44. The summed E-state index contributed by atoms with van der Waals surface area (Å²) in [4.78, 5) is 0. The third kappa shape index (κ3) is 3.07. The molecule has 3 unspecified atom stereocenters. The summed E-state index contributed by atoms with van der Waals surface area (Å²) in [7, 11) is 0. The first-order chi connectivity index (χ1) is 6.77. The molecule has 0 aromatic heterocycles. The van der Waals surface area contributed by atoms with Gasteiger partial charge in [-0.25, -0.2) is 0 Å². The molecular weight excluding hydrogens is 212 g/mol. The second kappa shape index (κ2) is 5.13. The maximum atomic E-state index is 10.1. The minimum absolute atomic E-state index is 0.0524. The number of aliphatic hydroxyl groups is 1. The lowest BCUT2D eigenvalue weighted by Gasteiger charge is -2.31. The molecule has 1 aliphatic heterocycles. The standard InChI is InChI=1S/C11H20OS2/c1-8-11(14-7-6-13-8)10(12)5-4-9-2-3-9/h8-12H,2-7H2,1H3. The van der Waals surface area contributed by atoms with E-state index in [1.165, 1.54) is 30.8 Å². The molecule has 0 aromatic rings. The van der Waals surface area contributed by atoms with Gasteiger partial charge in [0.1, 0.15) is 0 Å². The normalized spacial score (nSPS) is 35.6. The van der Waals surface area contributed by atoms with Crippen LogP contribution in [0.1, 0.15) is 32.6 Å². The van der Waals surface area contributed by atoms with Crippen LogP contribution < -0.4 is 0 Å². The van der Waals surface area contributed by atoms with Gasteiger partial charge in [0.05, 0.1) is 6.10 Å². The fourth-order valence-electron chi connectivity index (χ4n) is 2.05. The lowest BCUT2D eigenvalue weighted by atomic mass is 10.1. The van der Waals surface area contributed by atoms with Crippen LogP contribution in [0.3, 0.4) is 0 Å². The third-order valence-corrected chi connectivity index (χ3v) is 6.42. The Balaban J connectivity index is 1.73. The highest BCUT2D eigenvalue weighted by molar-refractivity contribution is 8.07. The Morgan fingerprint density at radius 2 is 2.00 bits per heavy atom. The topological polar surface area (TPSA) is 20.2 Å². The van der Waals surface area contributed by atoms with E-state index in [4.69, 9.17) is 0 Å². The zero-order valence-electron chi connectivity index (χ0n) is 8.82. The average Bonchev–Trinajstić information content (AvgIpc) is 2.98. The maximum absolute atomic E-state index is 10.1. The number of hydrogen-bond acceptors (Lipinski definition) is 3. The van der Waals surface area contributed by atoms with E-state index in [0.717, 1.165) is 12.3 Å². The Morgan fingerprint density at radius 1 is 1.29 bits per heavy atom. The Kier molecular flexibility index (Phi) is 4.09. The fraction of sp³-hybridized carbons (Fsp3) is 1.00. The van der Waals surface area contributed by atoms with Gasteiger partial charge in [-0.05, 0) is 18.8 Å². The molecule has 1 N–H and O–H groups in total. The van der Waals surface area contributed by atoms with Gasteiger partial charge in [0.2, 0.25) is 0 Å². The molecule has 0 bridgehead atoms. The van der Waals surface area contributed by atoms with Crippen molar-refractivity contribution in [1.29, 1.82) is 0 Å². The van der Waals surface area contributed by atoms with Crippen LogP contribution in [-0.4, -0.2) is 33.2 Å². The zero-order chi connectivity index (χ0) is 9.97. The molecule has 82 valence electrons. The van der Waals surface area contributed by atoms with E-state index in [1.807, 2.05) is 23.5 Å². The van der Waals surface area contributed by atoms with E-state index >= 15 is 0 Å². The van der Waals surface area contributed by atoms with Gasteiger partial charge in [-0.15, -0.1) is 0 Å². The summed E-state index contributed by atoms with van der Waals surface area (Å²) in [6.45, 7) is 2.27. The molecule has 3 atom stereocenters. The predicted molar refractivity (Wildman–Crippen MR) is 66.1 cm³/mol. The predicted octanol–water partition coefficient (Wildman–Crippen LogP) is 2.77. The lowest BCUT2D eigenvalue weighted by Crippen LogP contribution is -2.34. The van der Waals surface area contributed by atoms with Crippen LogP contribution in [0, 0.1) is 5.92 Å². The largest absolute Gasteiger partial charge is 0.392 e. The van der Waals surface area contributed by atoms with Gasteiger partial charge < -0.3 is 5.11 Å². The van der Waals surface area contributed by atoms with Crippen molar-refractivity contribution < 1.29 is 5.11 Å². The molecule has 2 aliphatic rings. The molecule has 1 nitrogen and oxygen atoms in total. The quantitative estimate of drug-likeness (QED) is 0.805. The van der Waals surface area contributed by atoms with E-state index in [1.54, 1.807) is 0 Å². The smallest absolute Gasteiger partial charge is 0.0669 e. The Labute approximate surface area is 95.4 Å². The van der Waals surface area contributed by atoms with Gasteiger partial charge in [0.15, 0.2) is 0 Å². The highest BCUT2D eigenvalue weighted by Crippen LogP contribution is 2.37. The molecule has 0 aromatic carbocycles. The monoisotopic (exact) mass is 232 g/mol. The Bertz CT molecular complexity index is 182. The minimum Gasteiger partial charge on any atom is -0.392 e. The van der Waals surface area contributed by atoms with Crippen LogP contribution in [0.4, 0.5) is 0 Å². The van der Waals surface area contributed by atoms with Crippen LogP contribution in [-0.2, 0) is 0 Å². The molecular formula is C11H20OS2. The van der Waals surface area contributed by atoms with Gasteiger partial charge in [0.25, 0.3) is 0 Å². The van der Waals surface area contributed by atoms with Crippen molar-refractivity contribution in [1.82, 2.24) is 0 Å². The first-order valence-electron chi connectivity index (χ1n) is 5.68. The van der Waals surface area contributed by atoms with Crippen molar-refractivity contribution in [3.63, 3.8) is 0 Å². The van der Waals surface area contributed by atoms with Crippen LogP contribution in [0.2, 0.25) is 0 Å². The SMILES string of the molecule is CC1SCCSC1C(O)CCC1CC1. The van der Waals surface area contributed by atoms with Crippen molar-refractivity contribution in [3.8, 4) is 0 Å². The second-order valence-corrected chi connectivity index (χ2v) is 7.27. The van der Waals surface area contributed by atoms with E-state index in [-0.39, 0.29) is 6.10 Å².